The molecule has 3 nitrogen and oxygen atoms in total. The molecule has 0 bridgehead atoms. The van der Waals surface area contributed by atoms with Crippen molar-refractivity contribution in [3.8, 4) is 6.07 Å². The largest absolute Gasteiger partial charge is 0.261 e. The lowest BCUT2D eigenvalue weighted by Gasteiger charge is -2.08. The van der Waals surface area contributed by atoms with Crippen molar-refractivity contribution in [2.45, 2.75) is 11.3 Å². The zero-order valence-electron chi connectivity index (χ0n) is 13.2. The smallest absolute Gasteiger partial charge is 0.207 e. The fourth-order valence-corrected chi connectivity index (χ4v) is 3.35. The minimum atomic E-state index is -4.14. The summed E-state index contributed by atoms with van der Waals surface area (Å²) in [6.45, 7) is 0. The van der Waals surface area contributed by atoms with E-state index in [-0.39, 0.29) is 56.2 Å². The third kappa shape index (κ3) is 4.12. The Hall–Kier alpha value is -1.25. The first-order valence-corrected chi connectivity index (χ1v) is 8.55. The third-order valence-electron chi connectivity index (χ3n) is 2.57. The van der Waals surface area contributed by atoms with Crippen molar-refractivity contribution in [1.82, 2.24) is 0 Å². The van der Waals surface area contributed by atoms with Gasteiger partial charge in [-0.1, -0.05) is 29.3 Å². The van der Waals surface area contributed by atoms with Gasteiger partial charge in [0, 0.05) is 20.7 Å². The van der Waals surface area contributed by atoms with E-state index < -0.39 is 9.05 Å². The SMILES string of the molecule is [2H]c1c(Cl)c([2H])c(Cc2ccc(C#N)cc2S(=O)(=O)Cl)c([2H])c1Cl. The normalized spacial score (nSPS) is 13.1. The highest BCUT2D eigenvalue weighted by molar-refractivity contribution is 8.13. The maximum absolute atomic E-state index is 11.8. The molecule has 0 fully saturated rings. The number of rotatable bonds is 3. The summed E-state index contributed by atoms with van der Waals surface area (Å²) >= 11 is 11.7. The number of hydrogen-bond acceptors (Lipinski definition) is 3. The lowest BCUT2D eigenvalue weighted by Crippen LogP contribution is -2.00. The molecule has 2 rings (SSSR count). The van der Waals surface area contributed by atoms with Gasteiger partial charge in [-0.15, -0.1) is 0 Å². The molecule has 2 aromatic rings. The summed E-state index contributed by atoms with van der Waals surface area (Å²) in [6.07, 6.45) is -0.162. The van der Waals surface area contributed by atoms with Crippen LogP contribution in [-0.2, 0) is 15.5 Å². The average Bonchev–Trinajstić information content (AvgIpc) is 2.54. The number of nitriles is 1. The molecule has 0 aliphatic heterocycles. The second-order valence-electron chi connectivity index (χ2n) is 4.03. The van der Waals surface area contributed by atoms with Crippen molar-refractivity contribution in [1.29, 1.82) is 5.26 Å². The highest BCUT2D eigenvalue weighted by Gasteiger charge is 2.17. The molecular formula is C14H8Cl3NO2S. The van der Waals surface area contributed by atoms with Crippen molar-refractivity contribution in [2.75, 3.05) is 0 Å². The van der Waals surface area contributed by atoms with Crippen LogP contribution in [0, 0.1) is 11.3 Å². The molecule has 0 aliphatic carbocycles. The minimum Gasteiger partial charge on any atom is -0.207 e. The van der Waals surface area contributed by atoms with E-state index in [2.05, 4.69) is 0 Å². The Balaban J connectivity index is 2.69. The number of halogens is 3. The molecule has 2 aromatic carbocycles. The van der Waals surface area contributed by atoms with Crippen molar-refractivity contribution < 1.29 is 12.5 Å². The van der Waals surface area contributed by atoms with Gasteiger partial charge in [-0.05, 0) is 47.8 Å². The summed E-state index contributed by atoms with van der Waals surface area (Å²) in [6, 6.07) is 4.82. The van der Waals surface area contributed by atoms with Crippen LogP contribution in [0.5, 0.6) is 0 Å². The second-order valence-corrected chi connectivity index (χ2v) is 7.32. The van der Waals surface area contributed by atoms with E-state index in [1.807, 2.05) is 6.07 Å². The zero-order valence-corrected chi connectivity index (χ0v) is 13.3. The van der Waals surface area contributed by atoms with Gasteiger partial charge in [-0.25, -0.2) is 8.42 Å². The van der Waals surface area contributed by atoms with E-state index >= 15 is 0 Å². The number of benzene rings is 2. The molecule has 21 heavy (non-hydrogen) atoms. The van der Waals surface area contributed by atoms with E-state index in [1.165, 1.54) is 12.1 Å². The molecule has 0 amide bonds. The Labute approximate surface area is 141 Å². The summed E-state index contributed by atoms with van der Waals surface area (Å²) < 4.78 is 47.1. The Kier molecular flexibility index (Phi) is 3.66. The van der Waals surface area contributed by atoms with Crippen LogP contribution in [0.25, 0.3) is 0 Å². The molecule has 0 saturated heterocycles. The van der Waals surface area contributed by atoms with Crippen molar-refractivity contribution >= 4 is 42.9 Å². The molecule has 108 valence electrons. The van der Waals surface area contributed by atoms with Crippen molar-refractivity contribution in [3.63, 3.8) is 0 Å². The molecular weight excluding hydrogens is 353 g/mol. The molecule has 0 atom stereocenters. The first-order chi connectivity index (χ1) is 11.1. The fraction of sp³-hybridized carbons (Fsp3) is 0.0714. The topological polar surface area (TPSA) is 57.9 Å². The average molecular weight is 364 g/mol. The fourth-order valence-electron chi connectivity index (χ4n) is 1.73. The molecule has 0 saturated carbocycles. The van der Waals surface area contributed by atoms with E-state index in [1.54, 1.807) is 0 Å². The van der Waals surface area contributed by atoms with Crippen LogP contribution >= 0.6 is 33.9 Å². The van der Waals surface area contributed by atoms with Gasteiger partial charge in [0.25, 0.3) is 9.05 Å². The molecule has 0 aromatic heterocycles. The molecule has 0 N–H and O–H groups in total. The third-order valence-corrected chi connectivity index (χ3v) is 4.35. The van der Waals surface area contributed by atoms with Gasteiger partial charge in [0.2, 0.25) is 0 Å². The Morgan fingerprint density at radius 1 is 1.19 bits per heavy atom. The van der Waals surface area contributed by atoms with Crippen LogP contribution in [0.3, 0.4) is 0 Å². The van der Waals surface area contributed by atoms with Gasteiger partial charge in [0.1, 0.15) is 0 Å². The van der Waals surface area contributed by atoms with Gasteiger partial charge in [-0.3, -0.25) is 0 Å². The predicted octanol–water partition coefficient (Wildman–Crippen LogP) is 4.38. The zero-order chi connectivity index (χ0) is 18.2. The standard InChI is InChI=1S/C14H8Cl3NO2S/c15-12-4-10(5-13(16)7-12)3-11-2-1-9(8-18)6-14(11)21(17,19)20/h1-2,4-7H,3H2/i4D,5D,7D. The lowest BCUT2D eigenvalue weighted by molar-refractivity contribution is 0.608. The number of hydrogen-bond donors (Lipinski definition) is 0. The quantitative estimate of drug-likeness (QED) is 0.760. The lowest BCUT2D eigenvalue weighted by atomic mass is 10.0. The second kappa shape index (κ2) is 6.25. The first kappa shape index (κ1) is 12.3. The minimum absolute atomic E-state index is 0.0623. The molecule has 0 heterocycles. The Bertz CT molecular complexity index is 959. The van der Waals surface area contributed by atoms with Crippen LogP contribution < -0.4 is 0 Å². The molecule has 0 radical (unpaired) electrons. The highest BCUT2D eigenvalue weighted by Crippen LogP contribution is 2.26. The van der Waals surface area contributed by atoms with Gasteiger partial charge in [0.05, 0.1) is 20.6 Å². The maximum Gasteiger partial charge on any atom is 0.261 e. The van der Waals surface area contributed by atoms with Crippen LogP contribution in [-0.4, -0.2) is 8.42 Å². The van der Waals surface area contributed by atoms with Crippen molar-refractivity contribution in [3.05, 3.63) is 63.1 Å². The van der Waals surface area contributed by atoms with Gasteiger partial charge >= 0.3 is 0 Å². The molecule has 0 unspecified atom stereocenters. The van der Waals surface area contributed by atoms with E-state index in [0.717, 1.165) is 6.07 Å². The van der Waals surface area contributed by atoms with Gasteiger partial charge < -0.3 is 0 Å². The highest BCUT2D eigenvalue weighted by atomic mass is 35.7. The van der Waals surface area contributed by atoms with E-state index in [4.69, 9.17) is 43.3 Å². The molecule has 0 aliphatic rings. The summed E-state index contributed by atoms with van der Waals surface area (Å²) in [5.41, 5.74) is 0.357. The molecule has 7 heteroatoms. The maximum atomic E-state index is 11.8. The summed E-state index contributed by atoms with van der Waals surface area (Å²) in [5.74, 6) is 0. The summed E-state index contributed by atoms with van der Waals surface area (Å²) in [7, 11) is 1.27. The molecule has 0 spiro atoms. The van der Waals surface area contributed by atoms with Gasteiger partial charge in [-0.2, -0.15) is 5.26 Å². The van der Waals surface area contributed by atoms with Crippen molar-refractivity contribution in [2.24, 2.45) is 0 Å². The van der Waals surface area contributed by atoms with E-state index in [9.17, 15) is 8.42 Å². The Morgan fingerprint density at radius 3 is 2.33 bits per heavy atom. The monoisotopic (exact) mass is 362 g/mol. The number of nitrogens with zero attached hydrogens (tertiary/aromatic N) is 1. The van der Waals surface area contributed by atoms with Crippen LogP contribution in [0.1, 0.15) is 20.8 Å². The van der Waals surface area contributed by atoms with Crippen LogP contribution in [0.15, 0.2) is 41.2 Å². The summed E-state index contributed by atoms with van der Waals surface area (Å²) in [5, 5.41) is 8.44. The van der Waals surface area contributed by atoms with Crippen LogP contribution in [0.4, 0.5) is 0 Å². The van der Waals surface area contributed by atoms with Crippen LogP contribution in [0.2, 0.25) is 10.0 Å². The van der Waals surface area contributed by atoms with E-state index in [0.29, 0.717) is 0 Å². The summed E-state index contributed by atoms with van der Waals surface area (Å²) in [4.78, 5) is -0.288. The Morgan fingerprint density at radius 2 is 1.81 bits per heavy atom. The predicted molar refractivity (Wildman–Crippen MR) is 83.5 cm³/mol. The first-order valence-electron chi connectivity index (χ1n) is 6.99. The van der Waals surface area contributed by atoms with Gasteiger partial charge in [0.15, 0.2) is 0 Å².